The number of nitrogens with zero attached hydrogens (tertiary/aromatic N) is 1. The predicted octanol–water partition coefficient (Wildman–Crippen LogP) is 0.818. The van der Waals surface area contributed by atoms with E-state index in [0.717, 1.165) is 45.4 Å². The van der Waals surface area contributed by atoms with Crippen LogP contribution in [0.4, 0.5) is 0 Å². The average molecular weight is 200 g/mol. The van der Waals surface area contributed by atoms with Gasteiger partial charge in [0.25, 0.3) is 0 Å². The summed E-state index contributed by atoms with van der Waals surface area (Å²) in [5.74, 6) is 0.492. The molecule has 3 N–H and O–H groups in total. The number of likely N-dealkylation sites (tertiary alicyclic amines) is 1. The lowest BCUT2D eigenvalue weighted by Gasteiger charge is -2.36. The third-order valence-corrected chi connectivity index (χ3v) is 3.12. The Morgan fingerprint density at radius 2 is 2.29 bits per heavy atom. The first-order chi connectivity index (χ1) is 6.77. The van der Waals surface area contributed by atoms with E-state index in [2.05, 4.69) is 11.8 Å². The highest BCUT2D eigenvalue weighted by Gasteiger charge is 2.26. The van der Waals surface area contributed by atoms with Gasteiger partial charge in [0.1, 0.15) is 0 Å². The Morgan fingerprint density at radius 3 is 2.93 bits per heavy atom. The smallest absolute Gasteiger partial charge is 0.0592 e. The van der Waals surface area contributed by atoms with Crippen molar-refractivity contribution in [3.05, 3.63) is 0 Å². The molecule has 0 aromatic carbocycles. The van der Waals surface area contributed by atoms with Crippen molar-refractivity contribution in [2.45, 2.75) is 38.7 Å². The number of rotatable bonds is 5. The van der Waals surface area contributed by atoms with Crippen LogP contribution in [0, 0.1) is 5.92 Å². The Kier molecular flexibility index (Phi) is 5.45. The molecule has 3 heteroatoms. The summed E-state index contributed by atoms with van der Waals surface area (Å²) in [4.78, 5) is 2.44. The normalized spacial score (nSPS) is 29.4. The van der Waals surface area contributed by atoms with Crippen LogP contribution in [-0.2, 0) is 0 Å². The monoisotopic (exact) mass is 200 g/mol. The summed E-state index contributed by atoms with van der Waals surface area (Å²) in [7, 11) is 0. The van der Waals surface area contributed by atoms with Crippen LogP contribution in [0.3, 0.4) is 0 Å². The Balaban J connectivity index is 2.29. The van der Waals surface area contributed by atoms with Gasteiger partial charge in [0, 0.05) is 13.1 Å². The summed E-state index contributed by atoms with van der Waals surface area (Å²) in [6, 6.07) is 0. The van der Waals surface area contributed by atoms with Crippen molar-refractivity contribution < 1.29 is 5.11 Å². The molecule has 1 saturated heterocycles. The quantitative estimate of drug-likeness (QED) is 0.691. The molecule has 1 aliphatic rings. The summed E-state index contributed by atoms with van der Waals surface area (Å²) in [5, 5.41) is 9.79. The van der Waals surface area contributed by atoms with Gasteiger partial charge in [-0.05, 0) is 38.3 Å². The fourth-order valence-electron chi connectivity index (χ4n) is 2.27. The number of nitrogens with two attached hydrogens (primary N) is 1. The second kappa shape index (κ2) is 6.38. The zero-order valence-corrected chi connectivity index (χ0v) is 9.28. The Bertz CT molecular complexity index is 150. The lowest BCUT2D eigenvalue weighted by Crippen LogP contribution is -2.43. The summed E-state index contributed by atoms with van der Waals surface area (Å²) >= 11 is 0. The lowest BCUT2D eigenvalue weighted by atomic mass is 9.91. The van der Waals surface area contributed by atoms with Gasteiger partial charge in [0.2, 0.25) is 0 Å². The number of aliphatic hydroxyl groups excluding tert-OH is 1. The number of hydrogen-bond acceptors (Lipinski definition) is 3. The maximum absolute atomic E-state index is 9.79. The maximum atomic E-state index is 9.79. The molecule has 0 aromatic heterocycles. The third-order valence-electron chi connectivity index (χ3n) is 3.12. The van der Waals surface area contributed by atoms with Crippen molar-refractivity contribution in [1.29, 1.82) is 0 Å². The summed E-state index contributed by atoms with van der Waals surface area (Å²) in [6.07, 6.45) is 4.28. The zero-order chi connectivity index (χ0) is 10.4. The van der Waals surface area contributed by atoms with Crippen LogP contribution in [0.15, 0.2) is 0 Å². The molecule has 14 heavy (non-hydrogen) atoms. The number of piperidine rings is 1. The third kappa shape index (κ3) is 3.56. The first-order valence-corrected chi connectivity index (χ1v) is 5.88. The van der Waals surface area contributed by atoms with Gasteiger partial charge >= 0.3 is 0 Å². The maximum Gasteiger partial charge on any atom is 0.0592 e. The van der Waals surface area contributed by atoms with Gasteiger partial charge in [-0.25, -0.2) is 0 Å². The topological polar surface area (TPSA) is 49.5 Å². The molecule has 3 nitrogen and oxygen atoms in total. The molecule has 0 spiro atoms. The number of aliphatic hydroxyl groups is 1. The molecule has 0 saturated carbocycles. The minimum atomic E-state index is -0.0657. The minimum Gasteiger partial charge on any atom is -0.393 e. The average Bonchev–Trinajstić information content (AvgIpc) is 2.19. The molecule has 1 fully saturated rings. The molecule has 0 amide bonds. The van der Waals surface area contributed by atoms with Crippen LogP contribution in [-0.4, -0.2) is 42.3 Å². The van der Waals surface area contributed by atoms with E-state index in [4.69, 9.17) is 5.73 Å². The molecule has 84 valence electrons. The summed E-state index contributed by atoms with van der Waals surface area (Å²) in [6.45, 7) is 6.17. The first kappa shape index (κ1) is 12.0. The molecular formula is C11H24N2O. The summed E-state index contributed by atoms with van der Waals surface area (Å²) in [5.41, 5.74) is 5.49. The Labute approximate surface area is 87.3 Å². The fourth-order valence-corrected chi connectivity index (χ4v) is 2.27. The standard InChI is InChI=1S/C11H24N2O/c1-2-4-10-9-13(7-3-6-12)8-5-11(10)14/h10-11,14H,2-9,12H2,1H3. The number of hydrogen-bond donors (Lipinski definition) is 2. The second-order valence-electron chi connectivity index (χ2n) is 4.35. The van der Waals surface area contributed by atoms with Crippen molar-refractivity contribution >= 4 is 0 Å². The zero-order valence-electron chi connectivity index (χ0n) is 9.28. The van der Waals surface area contributed by atoms with Crippen molar-refractivity contribution in [3.8, 4) is 0 Å². The van der Waals surface area contributed by atoms with Crippen molar-refractivity contribution in [2.24, 2.45) is 11.7 Å². The van der Waals surface area contributed by atoms with E-state index in [9.17, 15) is 5.11 Å². The van der Waals surface area contributed by atoms with Crippen molar-refractivity contribution in [1.82, 2.24) is 4.90 Å². The van der Waals surface area contributed by atoms with E-state index < -0.39 is 0 Å². The Hall–Kier alpha value is -0.120. The van der Waals surface area contributed by atoms with Gasteiger partial charge in [-0.3, -0.25) is 0 Å². The first-order valence-electron chi connectivity index (χ1n) is 5.88. The molecule has 1 heterocycles. The molecular weight excluding hydrogens is 176 g/mol. The van der Waals surface area contributed by atoms with Gasteiger partial charge in [-0.15, -0.1) is 0 Å². The second-order valence-corrected chi connectivity index (χ2v) is 4.35. The largest absolute Gasteiger partial charge is 0.393 e. The van der Waals surface area contributed by atoms with E-state index in [1.807, 2.05) is 0 Å². The highest BCUT2D eigenvalue weighted by Crippen LogP contribution is 2.21. The van der Waals surface area contributed by atoms with Crippen LogP contribution < -0.4 is 5.73 Å². The van der Waals surface area contributed by atoms with Gasteiger partial charge < -0.3 is 15.7 Å². The molecule has 0 radical (unpaired) electrons. The van der Waals surface area contributed by atoms with E-state index in [0.29, 0.717) is 5.92 Å². The van der Waals surface area contributed by atoms with E-state index in [-0.39, 0.29) is 6.10 Å². The molecule has 1 rings (SSSR count). The van der Waals surface area contributed by atoms with Crippen LogP contribution in [0.2, 0.25) is 0 Å². The van der Waals surface area contributed by atoms with Crippen LogP contribution >= 0.6 is 0 Å². The predicted molar refractivity (Wildman–Crippen MR) is 59.1 cm³/mol. The molecule has 0 bridgehead atoms. The Morgan fingerprint density at radius 1 is 1.50 bits per heavy atom. The fraction of sp³-hybridized carbons (Fsp3) is 1.00. The van der Waals surface area contributed by atoms with Gasteiger partial charge in [-0.2, -0.15) is 0 Å². The molecule has 0 aliphatic carbocycles. The van der Waals surface area contributed by atoms with Gasteiger partial charge in [0.05, 0.1) is 6.10 Å². The lowest BCUT2D eigenvalue weighted by molar-refractivity contribution is 0.0226. The molecule has 1 aliphatic heterocycles. The van der Waals surface area contributed by atoms with Gasteiger partial charge in [-0.1, -0.05) is 13.3 Å². The van der Waals surface area contributed by atoms with Crippen LogP contribution in [0.5, 0.6) is 0 Å². The SMILES string of the molecule is CCCC1CN(CCCN)CCC1O. The highest BCUT2D eigenvalue weighted by molar-refractivity contribution is 4.79. The van der Waals surface area contributed by atoms with Crippen molar-refractivity contribution in [2.75, 3.05) is 26.2 Å². The van der Waals surface area contributed by atoms with E-state index in [1.54, 1.807) is 0 Å². The van der Waals surface area contributed by atoms with Crippen LogP contribution in [0.1, 0.15) is 32.6 Å². The molecule has 0 aromatic rings. The molecule has 2 unspecified atom stereocenters. The van der Waals surface area contributed by atoms with Gasteiger partial charge in [0.15, 0.2) is 0 Å². The van der Waals surface area contributed by atoms with Crippen molar-refractivity contribution in [3.63, 3.8) is 0 Å². The highest BCUT2D eigenvalue weighted by atomic mass is 16.3. The molecule has 2 atom stereocenters. The van der Waals surface area contributed by atoms with E-state index in [1.165, 1.54) is 6.42 Å². The van der Waals surface area contributed by atoms with E-state index >= 15 is 0 Å². The minimum absolute atomic E-state index is 0.0657. The van der Waals surface area contributed by atoms with Crippen LogP contribution in [0.25, 0.3) is 0 Å². The summed E-state index contributed by atoms with van der Waals surface area (Å²) < 4.78 is 0.